The summed E-state index contributed by atoms with van der Waals surface area (Å²) in [5, 5.41) is 3.97. The number of aromatic nitrogens is 2. The molecule has 1 aromatic carbocycles. The lowest BCUT2D eigenvalue weighted by atomic mass is 9.98. The van der Waals surface area contributed by atoms with Crippen molar-refractivity contribution in [3.05, 3.63) is 40.0 Å². The van der Waals surface area contributed by atoms with E-state index in [1.165, 1.54) is 0 Å². The molecule has 1 aromatic heterocycles. The number of halogens is 1. The molecule has 2 heterocycles. The van der Waals surface area contributed by atoms with Gasteiger partial charge in [-0.3, -0.25) is 4.79 Å². The first kappa shape index (κ1) is 16.0. The van der Waals surface area contributed by atoms with Crippen molar-refractivity contribution in [1.29, 1.82) is 0 Å². The molecular formula is C16H18BrN3O3. The van der Waals surface area contributed by atoms with Crippen LogP contribution in [0.25, 0.3) is 0 Å². The molecule has 1 amide bonds. The highest BCUT2D eigenvalue weighted by atomic mass is 79.9. The largest absolute Gasteiger partial charge is 0.497 e. The summed E-state index contributed by atoms with van der Waals surface area (Å²) in [5.74, 6) is 2.30. The van der Waals surface area contributed by atoms with Gasteiger partial charge in [-0.05, 0) is 34.1 Å². The molecule has 1 saturated heterocycles. The number of likely N-dealkylation sites (tertiary alicyclic amines) is 1. The molecule has 0 spiro atoms. The highest BCUT2D eigenvalue weighted by Gasteiger charge is 2.36. The second-order valence-corrected chi connectivity index (χ2v) is 6.75. The van der Waals surface area contributed by atoms with Gasteiger partial charge in [0, 0.05) is 23.5 Å². The summed E-state index contributed by atoms with van der Waals surface area (Å²) >= 11 is 3.42. The van der Waals surface area contributed by atoms with E-state index in [0.29, 0.717) is 36.1 Å². The Morgan fingerprint density at radius 1 is 1.43 bits per heavy atom. The predicted molar refractivity (Wildman–Crippen MR) is 87.7 cm³/mol. The van der Waals surface area contributed by atoms with Crippen LogP contribution in [0.4, 0.5) is 0 Å². The average Bonchev–Trinajstić information content (AvgIpc) is 2.96. The lowest BCUT2D eigenvalue weighted by Gasteiger charge is -2.37. The number of benzene rings is 1. The molecule has 1 aliphatic heterocycles. The van der Waals surface area contributed by atoms with E-state index in [4.69, 9.17) is 9.26 Å². The smallest absolute Gasteiger partial charge is 0.255 e. The van der Waals surface area contributed by atoms with Crippen LogP contribution in [-0.4, -0.2) is 41.1 Å². The Hall–Kier alpha value is -1.89. The molecule has 0 N–H and O–H groups in total. The van der Waals surface area contributed by atoms with Gasteiger partial charge in [0.15, 0.2) is 5.82 Å². The Morgan fingerprint density at radius 3 is 2.78 bits per heavy atom. The maximum atomic E-state index is 12.6. The van der Waals surface area contributed by atoms with Crippen LogP contribution in [0.2, 0.25) is 0 Å². The Kier molecular flexibility index (Phi) is 4.39. The van der Waals surface area contributed by atoms with Gasteiger partial charge >= 0.3 is 0 Å². The number of hydrogen-bond acceptors (Lipinski definition) is 5. The second kappa shape index (κ2) is 6.31. The van der Waals surface area contributed by atoms with E-state index < -0.39 is 0 Å². The Bertz CT molecular complexity index is 723. The van der Waals surface area contributed by atoms with Crippen LogP contribution in [0.5, 0.6) is 5.75 Å². The third-order valence-electron chi connectivity index (χ3n) is 3.90. The van der Waals surface area contributed by atoms with Crippen molar-refractivity contribution in [2.45, 2.75) is 25.7 Å². The third-order valence-corrected chi connectivity index (χ3v) is 4.59. The Labute approximate surface area is 142 Å². The second-order valence-electron chi connectivity index (χ2n) is 5.90. The van der Waals surface area contributed by atoms with Gasteiger partial charge in [0.25, 0.3) is 5.91 Å². The molecule has 0 aliphatic carbocycles. The number of carbonyl (C=O) groups is 1. The topological polar surface area (TPSA) is 68.5 Å². The molecule has 3 rings (SSSR count). The van der Waals surface area contributed by atoms with E-state index in [1.807, 2.05) is 26.0 Å². The summed E-state index contributed by atoms with van der Waals surface area (Å²) in [7, 11) is 1.58. The maximum absolute atomic E-state index is 12.6. The molecular weight excluding hydrogens is 362 g/mol. The van der Waals surface area contributed by atoms with Crippen molar-refractivity contribution in [1.82, 2.24) is 15.0 Å². The summed E-state index contributed by atoms with van der Waals surface area (Å²) in [5.41, 5.74) is 0.594. The fourth-order valence-electron chi connectivity index (χ4n) is 2.41. The number of ether oxygens (including phenoxy) is 1. The predicted octanol–water partition coefficient (Wildman–Crippen LogP) is 3.20. The zero-order valence-corrected chi connectivity index (χ0v) is 14.8. The normalized spacial score (nSPS) is 14.9. The van der Waals surface area contributed by atoms with Gasteiger partial charge in [-0.25, -0.2) is 0 Å². The first-order valence-corrected chi connectivity index (χ1v) is 8.25. The minimum atomic E-state index is -0.0318. The maximum Gasteiger partial charge on any atom is 0.255 e. The SMILES string of the molecule is COc1ccc(Br)c(C(=O)N2CC(c3nc(C(C)C)no3)C2)c1. The molecule has 0 unspecified atom stereocenters. The van der Waals surface area contributed by atoms with E-state index in [9.17, 15) is 4.79 Å². The molecule has 6 nitrogen and oxygen atoms in total. The molecule has 1 fully saturated rings. The van der Waals surface area contributed by atoms with E-state index in [-0.39, 0.29) is 17.7 Å². The van der Waals surface area contributed by atoms with E-state index in [2.05, 4.69) is 26.1 Å². The Morgan fingerprint density at radius 2 is 2.17 bits per heavy atom. The molecule has 2 aromatic rings. The zero-order chi connectivity index (χ0) is 16.6. The van der Waals surface area contributed by atoms with Crippen molar-refractivity contribution in [3.63, 3.8) is 0 Å². The van der Waals surface area contributed by atoms with Gasteiger partial charge in [-0.1, -0.05) is 19.0 Å². The molecule has 0 atom stereocenters. The van der Waals surface area contributed by atoms with Crippen LogP contribution in [-0.2, 0) is 0 Å². The zero-order valence-electron chi connectivity index (χ0n) is 13.2. The van der Waals surface area contributed by atoms with E-state index >= 15 is 0 Å². The first-order chi connectivity index (χ1) is 11.0. The lowest BCUT2D eigenvalue weighted by Crippen LogP contribution is -2.48. The van der Waals surface area contributed by atoms with E-state index in [0.717, 1.165) is 4.47 Å². The summed E-state index contributed by atoms with van der Waals surface area (Å²) < 4.78 is 11.2. The quantitative estimate of drug-likeness (QED) is 0.815. The molecule has 0 bridgehead atoms. The van der Waals surface area contributed by atoms with Crippen molar-refractivity contribution in [3.8, 4) is 5.75 Å². The molecule has 0 radical (unpaired) electrons. The molecule has 7 heteroatoms. The summed E-state index contributed by atoms with van der Waals surface area (Å²) in [6, 6.07) is 5.37. The van der Waals surface area contributed by atoms with Crippen molar-refractivity contribution >= 4 is 21.8 Å². The van der Waals surface area contributed by atoms with Gasteiger partial charge in [0.05, 0.1) is 18.6 Å². The Balaban J connectivity index is 1.68. The number of hydrogen-bond donors (Lipinski definition) is 0. The van der Waals surface area contributed by atoms with Gasteiger partial charge in [0.2, 0.25) is 5.89 Å². The average molecular weight is 380 g/mol. The fourth-order valence-corrected chi connectivity index (χ4v) is 2.83. The van der Waals surface area contributed by atoms with Crippen LogP contribution in [0.15, 0.2) is 27.2 Å². The summed E-state index contributed by atoms with van der Waals surface area (Å²) in [6.45, 7) is 5.21. The fraction of sp³-hybridized carbons (Fsp3) is 0.438. The lowest BCUT2D eigenvalue weighted by molar-refractivity contribution is 0.0568. The van der Waals surface area contributed by atoms with Crippen LogP contribution in [0.3, 0.4) is 0 Å². The number of amides is 1. The molecule has 122 valence electrons. The van der Waals surface area contributed by atoms with Crippen molar-refractivity contribution in [2.75, 3.05) is 20.2 Å². The van der Waals surface area contributed by atoms with Crippen LogP contribution < -0.4 is 4.74 Å². The first-order valence-electron chi connectivity index (χ1n) is 7.46. The highest BCUT2D eigenvalue weighted by Crippen LogP contribution is 2.31. The van der Waals surface area contributed by atoms with Crippen LogP contribution >= 0.6 is 15.9 Å². The number of carbonyl (C=O) groups excluding carboxylic acids is 1. The molecule has 1 aliphatic rings. The van der Waals surface area contributed by atoms with Crippen molar-refractivity contribution in [2.24, 2.45) is 0 Å². The standard InChI is InChI=1S/C16H18BrN3O3/c1-9(2)14-18-15(23-19-14)10-7-20(8-10)16(21)12-6-11(22-3)4-5-13(12)17/h4-6,9-10H,7-8H2,1-3H3. The monoisotopic (exact) mass is 379 g/mol. The third kappa shape index (κ3) is 3.10. The van der Waals surface area contributed by atoms with Crippen LogP contribution in [0, 0.1) is 0 Å². The molecule has 23 heavy (non-hydrogen) atoms. The summed E-state index contributed by atoms with van der Waals surface area (Å²) in [6.07, 6.45) is 0. The number of methoxy groups -OCH3 is 1. The van der Waals surface area contributed by atoms with Gasteiger partial charge in [0.1, 0.15) is 5.75 Å². The summed E-state index contributed by atoms with van der Waals surface area (Å²) in [4.78, 5) is 18.7. The minimum Gasteiger partial charge on any atom is -0.497 e. The molecule has 0 saturated carbocycles. The number of rotatable bonds is 4. The van der Waals surface area contributed by atoms with Crippen LogP contribution in [0.1, 0.15) is 47.8 Å². The van der Waals surface area contributed by atoms with Crippen molar-refractivity contribution < 1.29 is 14.1 Å². The highest BCUT2D eigenvalue weighted by molar-refractivity contribution is 9.10. The number of nitrogens with zero attached hydrogens (tertiary/aromatic N) is 3. The van der Waals surface area contributed by atoms with Gasteiger partial charge in [-0.2, -0.15) is 4.98 Å². The minimum absolute atomic E-state index is 0.0318. The van der Waals surface area contributed by atoms with Gasteiger partial charge < -0.3 is 14.2 Å². The van der Waals surface area contributed by atoms with E-state index in [1.54, 1.807) is 18.1 Å². The van der Waals surface area contributed by atoms with Gasteiger partial charge in [-0.15, -0.1) is 0 Å².